The number of fused-ring (bicyclic) bond motifs is 6. The summed E-state index contributed by atoms with van der Waals surface area (Å²) >= 11 is 1.86. The fourth-order valence-corrected chi connectivity index (χ4v) is 12.8. The average Bonchev–Trinajstić information content (AvgIpc) is 4.14. The summed E-state index contributed by atoms with van der Waals surface area (Å²) in [6.45, 7) is 0. The summed E-state index contributed by atoms with van der Waals surface area (Å²) in [5, 5.41) is 5.06. The Morgan fingerprint density at radius 3 is 1.09 bits per heavy atom. The highest BCUT2D eigenvalue weighted by Gasteiger charge is 2.18. The first-order chi connectivity index (χ1) is 39.6. The summed E-state index contributed by atoms with van der Waals surface area (Å²) < 4.78 is 4.97. The third-order valence-corrected chi connectivity index (χ3v) is 16.6. The number of hydrogen-bond donors (Lipinski definition) is 0. The number of aromatic nitrogens is 4. The molecular formula is C75H48N4S. The first-order valence-electron chi connectivity index (χ1n) is 27.1. The van der Waals surface area contributed by atoms with Crippen LogP contribution in [0, 0.1) is 0 Å². The normalized spacial score (nSPS) is 11.5. The van der Waals surface area contributed by atoms with E-state index in [-0.39, 0.29) is 0 Å². The Bertz CT molecular complexity index is 4800. The first-order valence-corrected chi connectivity index (χ1v) is 27.9. The number of benzene rings is 12. The van der Waals surface area contributed by atoms with Crippen LogP contribution in [0.25, 0.3) is 149 Å². The van der Waals surface area contributed by atoms with Gasteiger partial charge in [0.25, 0.3) is 0 Å². The van der Waals surface area contributed by atoms with Crippen LogP contribution >= 0.6 is 11.3 Å². The fourth-order valence-electron chi connectivity index (χ4n) is 11.5. The van der Waals surface area contributed by atoms with Crippen LogP contribution in [0.4, 0.5) is 0 Å². The van der Waals surface area contributed by atoms with Crippen LogP contribution in [0.2, 0.25) is 0 Å². The minimum absolute atomic E-state index is 0.597. The molecule has 0 spiro atoms. The molecule has 0 radical (unpaired) electrons. The van der Waals surface area contributed by atoms with Crippen molar-refractivity contribution in [2.75, 3.05) is 0 Å². The molecular weight excluding hydrogens is 989 g/mol. The van der Waals surface area contributed by atoms with Gasteiger partial charge in [0.15, 0.2) is 17.5 Å². The van der Waals surface area contributed by atoms with Gasteiger partial charge in [-0.3, -0.25) is 0 Å². The molecule has 0 fully saturated rings. The highest BCUT2D eigenvalue weighted by Crippen LogP contribution is 2.42. The molecule has 15 aromatic rings. The quantitative estimate of drug-likeness (QED) is 0.137. The van der Waals surface area contributed by atoms with Crippen molar-refractivity contribution in [3.8, 4) is 107 Å². The van der Waals surface area contributed by atoms with Gasteiger partial charge in [-0.2, -0.15) is 0 Å². The molecule has 0 aliphatic carbocycles. The van der Waals surface area contributed by atoms with Crippen molar-refractivity contribution < 1.29 is 0 Å². The SMILES string of the molecule is c1ccc(-c2cccc(-c3cccc(-c4cccc(-c5nc(-c6cccc(-c7cccc(-c8cccc9c8sc8ccccc89)c7)c6)nc(-c6cccc(-c7cccc(-n8c9ccccc9c9ccccc98)c7)c6)n5)c4)c3)c2)cc1. The standard InChI is InChI=1S/C75H48N4S/c1-2-18-49(19-3-1)50-20-10-21-51(42-50)52-22-11-23-53(43-52)55-25-13-30-60(45-55)73-76-74(61-31-14-26-56(46-61)54-24-12-29-59(44-54)64-37-17-38-68-67-36-6-9-41-71(67)80-72(64)68)78-75(77-73)62-32-15-27-57(47-62)58-28-16-33-63(48-58)79-69-39-7-4-34-65(69)66-35-5-8-40-70(66)79/h1-48H. The van der Waals surface area contributed by atoms with Crippen LogP contribution in [0.3, 0.4) is 0 Å². The number of para-hydroxylation sites is 2. The van der Waals surface area contributed by atoms with E-state index in [9.17, 15) is 0 Å². The highest BCUT2D eigenvalue weighted by atomic mass is 32.1. The number of thiophene rings is 1. The molecule has 4 nitrogen and oxygen atoms in total. The summed E-state index contributed by atoms with van der Waals surface area (Å²) in [5.41, 5.74) is 19.8. The Balaban J connectivity index is 0.829. The summed E-state index contributed by atoms with van der Waals surface area (Å²) in [5.74, 6) is 1.80. The molecule has 3 heterocycles. The molecule has 0 aliphatic heterocycles. The molecule has 0 bridgehead atoms. The van der Waals surface area contributed by atoms with Crippen molar-refractivity contribution >= 4 is 53.3 Å². The molecule has 15 rings (SSSR count). The summed E-state index contributed by atoms with van der Waals surface area (Å²) in [7, 11) is 0. The zero-order valence-electron chi connectivity index (χ0n) is 43.4. The van der Waals surface area contributed by atoms with Gasteiger partial charge in [0, 0.05) is 53.3 Å². The van der Waals surface area contributed by atoms with Gasteiger partial charge >= 0.3 is 0 Å². The van der Waals surface area contributed by atoms with Gasteiger partial charge in [-0.05, 0) is 133 Å². The Morgan fingerprint density at radius 2 is 0.575 bits per heavy atom. The third-order valence-electron chi connectivity index (χ3n) is 15.4. The van der Waals surface area contributed by atoms with Gasteiger partial charge in [0.2, 0.25) is 0 Å². The summed E-state index contributed by atoms with van der Waals surface area (Å²) in [6.07, 6.45) is 0. The minimum Gasteiger partial charge on any atom is -0.309 e. The Hall–Kier alpha value is -10.3. The van der Waals surface area contributed by atoms with Gasteiger partial charge in [-0.25, -0.2) is 15.0 Å². The zero-order chi connectivity index (χ0) is 52.9. The largest absolute Gasteiger partial charge is 0.309 e. The van der Waals surface area contributed by atoms with Crippen molar-refractivity contribution in [1.29, 1.82) is 0 Å². The smallest absolute Gasteiger partial charge is 0.164 e. The molecule has 0 saturated carbocycles. The predicted octanol–water partition coefficient (Wildman–Crippen LogP) is 20.3. The van der Waals surface area contributed by atoms with E-state index in [0.717, 1.165) is 61.3 Å². The predicted molar refractivity (Wildman–Crippen MR) is 336 cm³/mol. The lowest BCUT2D eigenvalue weighted by Gasteiger charge is -2.13. The number of rotatable bonds is 10. The molecule has 0 unspecified atom stereocenters. The molecule has 0 N–H and O–H groups in total. The Kier molecular flexibility index (Phi) is 11.7. The molecule has 5 heteroatoms. The van der Waals surface area contributed by atoms with E-state index >= 15 is 0 Å². The topological polar surface area (TPSA) is 43.6 Å². The van der Waals surface area contributed by atoms with Crippen molar-refractivity contribution in [2.24, 2.45) is 0 Å². The van der Waals surface area contributed by atoms with Crippen LogP contribution in [-0.2, 0) is 0 Å². The van der Waals surface area contributed by atoms with Crippen LogP contribution in [-0.4, -0.2) is 19.5 Å². The van der Waals surface area contributed by atoms with Crippen LogP contribution in [0.15, 0.2) is 291 Å². The molecule has 0 saturated heterocycles. The van der Waals surface area contributed by atoms with Crippen LogP contribution in [0.1, 0.15) is 0 Å². The van der Waals surface area contributed by atoms with E-state index in [2.05, 4.69) is 296 Å². The second kappa shape index (κ2) is 19.9. The van der Waals surface area contributed by atoms with E-state index in [1.807, 2.05) is 11.3 Å². The van der Waals surface area contributed by atoms with Crippen molar-refractivity contribution in [3.63, 3.8) is 0 Å². The lowest BCUT2D eigenvalue weighted by atomic mass is 9.95. The maximum atomic E-state index is 5.35. The summed E-state index contributed by atoms with van der Waals surface area (Å²) in [4.78, 5) is 16.0. The third kappa shape index (κ3) is 8.63. The lowest BCUT2D eigenvalue weighted by molar-refractivity contribution is 1.07. The van der Waals surface area contributed by atoms with E-state index in [1.165, 1.54) is 69.8 Å². The van der Waals surface area contributed by atoms with Gasteiger partial charge in [-0.15, -0.1) is 11.3 Å². The fraction of sp³-hybridized carbons (Fsp3) is 0. The van der Waals surface area contributed by atoms with Gasteiger partial charge < -0.3 is 4.57 Å². The van der Waals surface area contributed by atoms with Crippen LogP contribution < -0.4 is 0 Å². The lowest BCUT2D eigenvalue weighted by Crippen LogP contribution is -2.00. The van der Waals surface area contributed by atoms with Crippen molar-refractivity contribution in [1.82, 2.24) is 19.5 Å². The molecule has 374 valence electrons. The Morgan fingerprint density at radius 1 is 0.237 bits per heavy atom. The van der Waals surface area contributed by atoms with Gasteiger partial charge in [-0.1, -0.05) is 224 Å². The molecule has 12 aromatic carbocycles. The van der Waals surface area contributed by atoms with E-state index in [1.54, 1.807) is 0 Å². The molecule has 80 heavy (non-hydrogen) atoms. The molecule has 0 aliphatic rings. The van der Waals surface area contributed by atoms with Crippen LogP contribution in [0.5, 0.6) is 0 Å². The summed E-state index contributed by atoms with van der Waals surface area (Å²) in [6, 6.07) is 104. The first kappa shape index (κ1) is 46.9. The highest BCUT2D eigenvalue weighted by molar-refractivity contribution is 7.26. The maximum Gasteiger partial charge on any atom is 0.164 e. The maximum absolute atomic E-state index is 5.35. The van der Waals surface area contributed by atoms with Gasteiger partial charge in [0.1, 0.15) is 0 Å². The zero-order valence-corrected chi connectivity index (χ0v) is 44.2. The van der Waals surface area contributed by atoms with Crippen molar-refractivity contribution in [2.45, 2.75) is 0 Å². The van der Waals surface area contributed by atoms with E-state index in [0.29, 0.717) is 17.5 Å². The Labute approximate surface area is 467 Å². The molecule has 3 aromatic heterocycles. The molecule has 0 atom stereocenters. The van der Waals surface area contributed by atoms with Gasteiger partial charge in [0.05, 0.1) is 11.0 Å². The minimum atomic E-state index is 0.597. The molecule has 0 amide bonds. The van der Waals surface area contributed by atoms with E-state index in [4.69, 9.17) is 15.0 Å². The van der Waals surface area contributed by atoms with Crippen molar-refractivity contribution in [3.05, 3.63) is 291 Å². The number of nitrogens with zero attached hydrogens (tertiary/aromatic N) is 4. The average molecular weight is 1040 g/mol. The monoisotopic (exact) mass is 1040 g/mol. The van der Waals surface area contributed by atoms with E-state index < -0.39 is 0 Å². The second-order valence-electron chi connectivity index (χ2n) is 20.4. The number of hydrogen-bond acceptors (Lipinski definition) is 4. The second-order valence-corrected chi connectivity index (χ2v) is 21.4.